The second kappa shape index (κ2) is 15.0. The zero-order valence-electron chi connectivity index (χ0n) is 27.0. The van der Waals surface area contributed by atoms with E-state index in [4.69, 9.17) is 14.2 Å². The van der Waals surface area contributed by atoms with Crippen LogP contribution in [-0.2, 0) is 14.2 Å². The van der Waals surface area contributed by atoms with E-state index >= 15 is 0 Å². The Morgan fingerprint density at radius 3 is 1.73 bits per heavy atom. The van der Waals surface area contributed by atoms with Crippen LogP contribution in [0.2, 0.25) is 0 Å². The van der Waals surface area contributed by atoms with E-state index < -0.39 is 0 Å². The number of rotatable bonds is 16. The van der Waals surface area contributed by atoms with Gasteiger partial charge in [-0.05, 0) is 110 Å². The summed E-state index contributed by atoms with van der Waals surface area (Å²) < 4.78 is 19.1. The molecule has 0 amide bonds. The average molecular weight is 528 g/mol. The van der Waals surface area contributed by atoms with Crippen molar-refractivity contribution in [2.75, 3.05) is 13.2 Å². The monoisotopic (exact) mass is 527 g/mol. The summed E-state index contributed by atoms with van der Waals surface area (Å²) in [6, 6.07) is 0. The van der Waals surface area contributed by atoms with E-state index in [1.807, 2.05) is 0 Å². The van der Waals surface area contributed by atoms with Crippen LogP contribution in [0, 0.1) is 23.2 Å². The van der Waals surface area contributed by atoms with Gasteiger partial charge in [0.1, 0.15) is 0 Å². The quantitative estimate of drug-likeness (QED) is 0.218. The lowest BCUT2D eigenvalue weighted by atomic mass is 9.79. The molecule has 5 nitrogen and oxygen atoms in total. The van der Waals surface area contributed by atoms with Crippen LogP contribution in [0.25, 0.3) is 0 Å². The maximum Gasteiger partial charge on any atom is 0.0615 e. The number of piperidine rings is 1. The maximum atomic E-state index is 10.7. The van der Waals surface area contributed by atoms with E-state index in [0.717, 1.165) is 45.3 Å². The fourth-order valence-corrected chi connectivity index (χ4v) is 5.76. The Labute approximate surface area is 231 Å². The minimum Gasteiger partial charge on any atom is -0.378 e. The van der Waals surface area contributed by atoms with Gasteiger partial charge in [0.05, 0.1) is 24.4 Å². The zero-order valence-corrected chi connectivity index (χ0v) is 27.0. The third-order valence-corrected chi connectivity index (χ3v) is 8.18. The third-order valence-electron chi connectivity index (χ3n) is 8.18. The molecule has 6 unspecified atom stereocenters. The number of hydroxylamine groups is 2. The van der Waals surface area contributed by atoms with E-state index in [1.165, 1.54) is 12.8 Å². The van der Waals surface area contributed by atoms with Crippen LogP contribution in [0.4, 0.5) is 0 Å². The Balaban J connectivity index is 2.60. The van der Waals surface area contributed by atoms with Gasteiger partial charge < -0.3 is 19.4 Å². The fourth-order valence-electron chi connectivity index (χ4n) is 5.76. The first-order valence-corrected chi connectivity index (χ1v) is 15.2. The summed E-state index contributed by atoms with van der Waals surface area (Å²) in [4.78, 5) is 0. The van der Waals surface area contributed by atoms with Crippen LogP contribution < -0.4 is 0 Å². The molecule has 1 aliphatic rings. The van der Waals surface area contributed by atoms with Gasteiger partial charge in [0.2, 0.25) is 0 Å². The van der Waals surface area contributed by atoms with E-state index in [9.17, 15) is 5.21 Å². The molecule has 0 saturated carbocycles. The van der Waals surface area contributed by atoms with Crippen molar-refractivity contribution in [3.8, 4) is 0 Å². The topological polar surface area (TPSA) is 51.2 Å². The van der Waals surface area contributed by atoms with Gasteiger partial charge in [-0.2, -0.15) is 5.06 Å². The summed E-state index contributed by atoms with van der Waals surface area (Å²) in [5.41, 5.74) is -0.408. The van der Waals surface area contributed by atoms with Crippen molar-refractivity contribution in [2.45, 2.75) is 170 Å². The maximum absolute atomic E-state index is 10.7. The van der Waals surface area contributed by atoms with Gasteiger partial charge >= 0.3 is 0 Å². The highest BCUT2D eigenvalue weighted by Gasteiger charge is 2.46. The molecular weight excluding hydrogens is 462 g/mol. The van der Waals surface area contributed by atoms with Crippen molar-refractivity contribution in [1.82, 2.24) is 5.06 Å². The fraction of sp³-hybridized carbons (Fsp3) is 1.00. The van der Waals surface area contributed by atoms with Crippen LogP contribution in [0.3, 0.4) is 0 Å². The second-order valence-electron chi connectivity index (χ2n) is 15.1. The first-order valence-electron chi connectivity index (χ1n) is 15.2. The van der Waals surface area contributed by atoms with Crippen LogP contribution in [-0.4, -0.2) is 59.0 Å². The molecule has 1 N–H and O–H groups in total. The molecule has 1 saturated heterocycles. The summed E-state index contributed by atoms with van der Waals surface area (Å²) >= 11 is 0. The van der Waals surface area contributed by atoms with Crippen LogP contribution in [0.15, 0.2) is 0 Å². The lowest BCUT2D eigenvalue weighted by molar-refractivity contribution is -0.266. The first-order chi connectivity index (χ1) is 16.9. The highest BCUT2D eigenvalue weighted by Crippen LogP contribution is 2.40. The minimum absolute atomic E-state index is 0.144. The first kappa shape index (κ1) is 34.8. The summed E-state index contributed by atoms with van der Waals surface area (Å²) in [6.07, 6.45) is 8.03. The van der Waals surface area contributed by atoms with Gasteiger partial charge in [-0.3, -0.25) is 0 Å². The predicted octanol–water partition coefficient (Wildman–Crippen LogP) is 8.52. The van der Waals surface area contributed by atoms with E-state index in [2.05, 4.69) is 90.0 Å². The van der Waals surface area contributed by atoms with E-state index in [1.54, 1.807) is 5.06 Å². The molecule has 222 valence electrons. The largest absolute Gasteiger partial charge is 0.378 e. The van der Waals surface area contributed by atoms with Crippen LogP contribution in [0.1, 0.15) is 135 Å². The Bertz CT molecular complexity index is 611. The van der Waals surface area contributed by atoms with Crippen molar-refractivity contribution in [2.24, 2.45) is 23.2 Å². The Hall–Kier alpha value is -0.200. The molecule has 5 heteroatoms. The smallest absolute Gasteiger partial charge is 0.0615 e. The summed E-state index contributed by atoms with van der Waals surface area (Å²) in [6.45, 7) is 30.5. The van der Waals surface area contributed by atoms with Crippen molar-refractivity contribution in [3.63, 3.8) is 0 Å². The molecule has 1 heterocycles. The third kappa shape index (κ3) is 13.1. The van der Waals surface area contributed by atoms with E-state index in [0.29, 0.717) is 23.9 Å². The normalized spacial score (nSPS) is 23.8. The van der Waals surface area contributed by atoms with Gasteiger partial charge in [-0.15, -0.1) is 0 Å². The van der Waals surface area contributed by atoms with Crippen molar-refractivity contribution < 1.29 is 19.4 Å². The predicted molar refractivity (Wildman–Crippen MR) is 156 cm³/mol. The standard InChI is InChI=1S/C32H65NO4/c1-14-26(5)35-21-23(2)15-16-24(3)22-36-27(6)17-25(4)29(20-30(7,8)9)37-28-18-31(10,11)33(34)32(12,13)19-28/h23-29,34H,14-22H2,1-13H3. The van der Waals surface area contributed by atoms with Crippen molar-refractivity contribution in [1.29, 1.82) is 0 Å². The number of hydrogen-bond donors (Lipinski definition) is 1. The van der Waals surface area contributed by atoms with Crippen molar-refractivity contribution >= 4 is 0 Å². The average Bonchev–Trinajstić information content (AvgIpc) is 2.76. The molecule has 1 aliphatic heterocycles. The second-order valence-corrected chi connectivity index (χ2v) is 15.1. The van der Waals surface area contributed by atoms with Gasteiger partial charge in [0.25, 0.3) is 0 Å². The highest BCUT2D eigenvalue weighted by atomic mass is 16.5. The summed E-state index contributed by atoms with van der Waals surface area (Å²) in [5, 5.41) is 12.3. The van der Waals surface area contributed by atoms with Crippen LogP contribution >= 0.6 is 0 Å². The number of nitrogens with zero attached hydrogens (tertiary/aromatic N) is 1. The molecule has 0 bridgehead atoms. The molecule has 1 fully saturated rings. The zero-order chi connectivity index (χ0) is 28.6. The summed E-state index contributed by atoms with van der Waals surface area (Å²) in [5.74, 6) is 1.55. The number of ether oxygens (including phenoxy) is 3. The van der Waals surface area contributed by atoms with Crippen molar-refractivity contribution in [3.05, 3.63) is 0 Å². The molecule has 0 aromatic heterocycles. The van der Waals surface area contributed by atoms with Gasteiger partial charge in [0.15, 0.2) is 0 Å². The molecule has 37 heavy (non-hydrogen) atoms. The minimum atomic E-state index is -0.299. The number of hydrogen-bond acceptors (Lipinski definition) is 5. The highest BCUT2D eigenvalue weighted by molar-refractivity contribution is 4.97. The van der Waals surface area contributed by atoms with Crippen LogP contribution in [0.5, 0.6) is 0 Å². The molecule has 0 aliphatic carbocycles. The lowest BCUT2D eigenvalue weighted by Gasteiger charge is -2.52. The molecule has 0 radical (unpaired) electrons. The Morgan fingerprint density at radius 2 is 1.30 bits per heavy atom. The lowest BCUT2D eigenvalue weighted by Crippen LogP contribution is -2.61. The Kier molecular flexibility index (Phi) is 14.1. The Morgan fingerprint density at radius 1 is 0.838 bits per heavy atom. The molecule has 0 aromatic carbocycles. The molecule has 0 spiro atoms. The van der Waals surface area contributed by atoms with Gasteiger partial charge in [-0.1, -0.05) is 48.5 Å². The van der Waals surface area contributed by atoms with E-state index in [-0.39, 0.29) is 34.8 Å². The van der Waals surface area contributed by atoms with Gasteiger partial charge in [0, 0.05) is 24.3 Å². The molecule has 0 aromatic rings. The molecule has 6 atom stereocenters. The summed E-state index contributed by atoms with van der Waals surface area (Å²) in [7, 11) is 0. The SMILES string of the molecule is CCC(C)OCC(C)CCC(C)COC(C)CC(C)C(CC(C)(C)C)OC1CC(C)(C)N(O)C(C)(C)C1. The molecule has 1 rings (SSSR count). The van der Waals surface area contributed by atoms with Gasteiger partial charge in [-0.25, -0.2) is 0 Å². The molecular formula is C32H65NO4.